The second-order valence-electron chi connectivity index (χ2n) is 7.55. The lowest BCUT2D eigenvalue weighted by Crippen LogP contribution is -2.38. The van der Waals surface area contributed by atoms with Gasteiger partial charge in [-0.2, -0.15) is 26.3 Å². The van der Waals surface area contributed by atoms with Crippen LogP contribution >= 0.6 is 0 Å². The van der Waals surface area contributed by atoms with Gasteiger partial charge in [-0.25, -0.2) is 0 Å². The highest BCUT2D eigenvalue weighted by Crippen LogP contribution is 2.34. The third-order valence-corrected chi connectivity index (χ3v) is 5.17. The Balaban J connectivity index is 1.93. The Kier molecular flexibility index (Phi) is 7.14. The summed E-state index contributed by atoms with van der Waals surface area (Å²) in [7, 11) is 0. The number of nitrogens with one attached hydrogen (secondary N) is 1. The van der Waals surface area contributed by atoms with Gasteiger partial charge in [0.15, 0.2) is 0 Å². The molecule has 1 aliphatic rings. The number of hydrogen-bond donors (Lipinski definition) is 1. The van der Waals surface area contributed by atoms with E-state index in [-0.39, 0.29) is 30.0 Å². The number of halogens is 6. The van der Waals surface area contributed by atoms with Gasteiger partial charge in [0.1, 0.15) is 0 Å². The summed E-state index contributed by atoms with van der Waals surface area (Å²) < 4.78 is 80.2. The molecule has 2 amide bonds. The SMILES string of the molecule is O=C(/C=C(/c1ccccc1)C(F)(F)F)NC(CN1CCCC1=O)c1cccc(C(F)(F)F)c1. The molecule has 1 saturated heterocycles. The van der Waals surface area contributed by atoms with E-state index in [0.717, 1.165) is 18.2 Å². The van der Waals surface area contributed by atoms with Crippen molar-refractivity contribution in [1.29, 1.82) is 0 Å². The van der Waals surface area contributed by atoms with Crippen LogP contribution in [0.1, 0.15) is 35.6 Å². The van der Waals surface area contributed by atoms with Crippen LogP contribution in [0, 0.1) is 0 Å². The number of allylic oxidation sites excluding steroid dienone is 1. The van der Waals surface area contributed by atoms with Gasteiger partial charge < -0.3 is 10.2 Å². The molecule has 2 aromatic rings. The first kappa shape index (κ1) is 24.3. The Bertz CT molecular complexity index is 1030. The molecular formula is C23H20F6N2O2. The second-order valence-corrected chi connectivity index (χ2v) is 7.55. The third-order valence-electron chi connectivity index (χ3n) is 5.17. The highest BCUT2D eigenvalue weighted by Gasteiger charge is 2.36. The standard InChI is InChI=1S/C23H20F6N2O2/c24-22(25,26)17-9-4-8-16(12-17)19(14-31-11-5-10-21(31)33)30-20(32)13-18(23(27,28)29)15-6-2-1-3-7-15/h1-4,6-9,12-13,19H,5,10-11,14H2,(H,30,32)/b18-13-. The molecule has 176 valence electrons. The van der Waals surface area contributed by atoms with Crippen molar-refractivity contribution in [2.75, 3.05) is 13.1 Å². The smallest absolute Gasteiger partial charge is 0.344 e. The summed E-state index contributed by atoms with van der Waals surface area (Å²) in [5.41, 5.74) is -2.37. The molecule has 0 radical (unpaired) electrons. The molecule has 0 aromatic heterocycles. The number of rotatable bonds is 6. The molecule has 1 N–H and O–H groups in total. The minimum Gasteiger partial charge on any atom is -0.344 e. The lowest BCUT2D eigenvalue weighted by Gasteiger charge is -2.25. The monoisotopic (exact) mass is 470 g/mol. The molecular weight excluding hydrogens is 450 g/mol. The van der Waals surface area contributed by atoms with Gasteiger partial charge in [-0.1, -0.05) is 42.5 Å². The number of nitrogens with zero attached hydrogens (tertiary/aromatic N) is 1. The summed E-state index contributed by atoms with van der Waals surface area (Å²) in [5, 5.41) is 2.36. The molecule has 0 spiro atoms. The summed E-state index contributed by atoms with van der Waals surface area (Å²) in [6.45, 7) is 0.185. The topological polar surface area (TPSA) is 49.4 Å². The fourth-order valence-corrected chi connectivity index (χ4v) is 3.57. The van der Waals surface area contributed by atoms with Crippen LogP contribution < -0.4 is 5.32 Å². The van der Waals surface area contributed by atoms with Crippen molar-refractivity contribution in [3.8, 4) is 0 Å². The van der Waals surface area contributed by atoms with Crippen LogP contribution in [0.3, 0.4) is 0 Å². The molecule has 4 nitrogen and oxygen atoms in total. The van der Waals surface area contributed by atoms with Crippen molar-refractivity contribution in [2.24, 2.45) is 0 Å². The Labute approximate surface area is 185 Å². The zero-order chi connectivity index (χ0) is 24.2. The van der Waals surface area contributed by atoms with Crippen LogP contribution in [0.5, 0.6) is 0 Å². The minimum atomic E-state index is -4.84. The van der Waals surface area contributed by atoms with Crippen LogP contribution in [0.25, 0.3) is 5.57 Å². The number of carbonyl (C=O) groups is 2. The number of alkyl halides is 6. The predicted octanol–water partition coefficient (Wildman–Crippen LogP) is 5.13. The molecule has 3 rings (SSSR count). The number of carbonyl (C=O) groups excluding carboxylic acids is 2. The van der Waals surface area contributed by atoms with E-state index < -0.39 is 35.4 Å². The zero-order valence-electron chi connectivity index (χ0n) is 17.2. The van der Waals surface area contributed by atoms with Gasteiger partial charge in [0.2, 0.25) is 11.8 Å². The van der Waals surface area contributed by atoms with Crippen LogP contribution in [0.2, 0.25) is 0 Å². The second kappa shape index (κ2) is 9.68. The van der Waals surface area contributed by atoms with Crippen molar-refractivity contribution < 1.29 is 35.9 Å². The summed E-state index contributed by atoms with van der Waals surface area (Å²) in [6, 6.07) is 9.68. The fourth-order valence-electron chi connectivity index (χ4n) is 3.57. The number of hydrogen-bond acceptors (Lipinski definition) is 2. The van der Waals surface area contributed by atoms with Crippen molar-refractivity contribution in [3.05, 3.63) is 77.4 Å². The first-order chi connectivity index (χ1) is 15.4. The number of likely N-dealkylation sites (tertiary alicyclic amines) is 1. The quantitative estimate of drug-likeness (QED) is 0.470. The minimum absolute atomic E-state index is 0.0274. The summed E-state index contributed by atoms with van der Waals surface area (Å²) in [5.74, 6) is -1.38. The van der Waals surface area contributed by atoms with E-state index in [0.29, 0.717) is 19.0 Å². The molecule has 1 unspecified atom stereocenters. The molecule has 10 heteroatoms. The fraction of sp³-hybridized carbons (Fsp3) is 0.304. The highest BCUT2D eigenvalue weighted by molar-refractivity contribution is 5.96. The Morgan fingerprint density at radius 2 is 1.73 bits per heavy atom. The lowest BCUT2D eigenvalue weighted by atomic mass is 10.0. The molecule has 1 fully saturated rings. The van der Waals surface area contributed by atoms with E-state index >= 15 is 0 Å². The van der Waals surface area contributed by atoms with Crippen molar-refractivity contribution >= 4 is 17.4 Å². The maximum atomic E-state index is 13.6. The maximum Gasteiger partial charge on any atom is 0.417 e. The van der Waals surface area contributed by atoms with Gasteiger partial charge in [-0.3, -0.25) is 9.59 Å². The Morgan fingerprint density at radius 3 is 2.30 bits per heavy atom. The van der Waals surface area contributed by atoms with Gasteiger partial charge in [-0.15, -0.1) is 0 Å². The van der Waals surface area contributed by atoms with Crippen molar-refractivity contribution in [3.63, 3.8) is 0 Å². The number of benzene rings is 2. The van der Waals surface area contributed by atoms with Gasteiger partial charge in [0.25, 0.3) is 0 Å². The Morgan fingerprint density at radius 1 is 1.03 bits per heavy atom. The van der Waals surface area contributed by atoms with E-state index in [1.807, 2.05) is 0 Å². The van der Waals surface area contributed by atoms with Gasteiger partial charge in [0, 0.05) is 25.6 Å². The molecule has 1 heterocycles. The molecule has 1 aliphatic heterocycles. The van der Waals surface area contributed by atoms with Crippen LogP contribution in [-0.4, -0.2) is 36.0 Å². The zero-order valence-corrected chi connectivity index (χ0v) is 17.2. The summed E-state index contributed by atoms with van der Waals surface area (Å²) in [6.07, 6.45) is -8.30. The van der Waals surface area contributed by atoms with Crippen LogP contribution in [0.15, 0.2) is 60.7 Å². The van der Waals surface area contributed by atoms with Crippen LogP contribution in [0.4, 0.5) is 26.3 Å². The van der Waals surface area contributed by atoms with Gasteiger partial charge in [0.05, 0.1) is 17.2 Å². The predicted molar refractivity (Wildman–Crippen MR) is 109 cm³/mol. The Hall–Kier alpha value is -3.30. The normalized spacial score (nSPS) is 16.1. The van der Waals surface area contributed by atoms with Gasteiger partial charge >= 0.3 is 12.4 Å². The first-order valence-electron chi connectivity index (χ1n) is 10.0. The summed E-state index contributed by atoms with van der Waals surface area (Å²) >= 11 is 0. The third kappa shape index (κ3) is 6.36. The molecule has 33 heavy (non-hydrogen) atoms. The van der Waals surface area contributed by atoms with E-state index in [2.05, 4.69) is 5.32 Å². The van der Waals surface area contributed by atoms with E-state index in [4.69, 9.17) is 0 Å². The lowest BCUT2D eigenvalue weighted by molar-refractivity contribution is -0.137. The maximum absolute atomic E-state index is 13.6. The van der Waals surface area contributed by atoms with Crippen LogP contribution in [-0.2, 0) is 15.8 Å². The van der Waals surface area contributed by atoms with Gasteiger partial charge in [-0.05, 0) is 29.7 Å². The average molecular weight is 470 g/mol. The first-order valence-corrected chi connectivity index (χ1v) is 10.0. The average Bonchev–Trinajstić information content (AvgIpc) is 3.15. The largest absolute Gasteiger partial charge is 0.417 e. The van der Waals surface area contributed by atoms with Crippen molar-refractivity contribution in [2.45, 2.75) is 31.2 Å². The molecule has 1 atom stereocenters. The highest BCUT2D eigenvalue weighted by atomic mass is 19.4. The van der Waals surface area contributed by atoms with Crippen molar-refractivity contribution in [1.82, 2.24) is 10.2 Å². The van der Waals surface area contributed by atoms with E-state index in [1.54, 1.807) is 0 Å². The van der Waals surface area contributed by atoms with E-state index in [9.17, 15) is 35.9 Å². The molecule has 0 bridgehead atoms. The molecule has 0 saturated carbocycles. The molecule has 0 aliphatic carbocycles. The number of amides is 2. The molecule has 2 aromatic carbocycles. The van der Waals surface area contributed by atoms with E-state index in [1.165, 1.54) is 41.3 Å². The summed E-state index contributed by atoms with van der Waals surface area (Å²) in [4.78, 5) is 26.0.